The van der Waals surface area contributed by atoms with E-state index in [2.05, 4.69) is 35.1 Å². The van der Waals surface area contributed by atoms with Gasteiger partial charge in [0.15, 0.2) is 0 Å². The van der Waals surface area contributed by atoms with Crippen molar-refractivity contribution in [3.8, 4) is 0 Å². The maximum Gasteiger partial charge on any atom is 0.133 e. The Labute approximate surface area is 115 Å². The molecule has 1 N–H and O–H groups in total. The number of nitrogens with zero attached hydrogens (tertiary/aromatic N) is 2. The summed E-state index contributed by atoms with van der Waals surface area (Å²) in [5.74, 6) is 1.14. The summed E-state index contributed by atoms with van der Waals surface area (Å²) in [5, 5.41) is 3.48. The van der Waals surface area contributed by atoms with Crippen LogP contribution in [0.15, 0.2) is 18.3 Å². The summed E-state index contributed by atoms with van der Waals surface area (Å²) in [6.45, 7) is 7.29. The first-order valence-corrected chi connectivity index (χ1v) is 7.36. The lowest BCUT2D eigenvalue weighted by Gasteiger charge is -2.34. The van der Waals surface area contributed by atoms with Crippen molar-refractivity contribution >= 4 is 5.82 Å². The zero-order chi connectivity index (χ0) is 13.2. The van der Waals surface area contributed by atoms with E-state index in [-0.39, 0.29) is 0 Å². The van der Waals surface area contributed by atoms with Gasteiger partial charge in [0.2, 0.25) is 0 Å². The summed E-state index contributed by atoms with van der Waals surface area (Å²) in [7, 11) is 0. The number of ether oxygens (including phenoxy) is 1. The number of hydrogen-bond donors (Lipinski definition) is 1. The molecule has 2 fully saturated rings. The maximum atomic E-state index is 5.91. The lowest BCUT2D eigenvalue weighted by atomic mass is 10.1. The van der Waals surface area contributed by atoms with E-state index in [1.165, 1.54) is 18.4 Å². The Bertz CT molecular complexity index is 425. The smallest absolute Gasteiger partial charge is 0.133 e. The first kappa shape index (κ1) is 12.9. The number of fused-ring (bicyclic) bond motifs is 2. The Morgan fingerprint density at radius 3 is 2.84 bits per heavy atom. The molecule has 3 rings (SSSR count). The molecule has 2 bridgehead atoms. The summed E-state index contributed by atoms with van der Waals surface area (Å²) >= 11 is 0. The average Bonchev–Trinajstić information content (AvgIpc) is 2.78. The molecule has 0 amide bonds. The highest BCUT2D eigenvalue weighted by Gasteiger charge is 2.35. The second-order valence-electron chi connectivity index (χ2n) is 5.56. The molecule has 3 unspecified atom stereocenters. The molecule has 3 heterocycles. The van der Waals surface area contributed by atoms with Crippen molar-refractivity contribution in [3.63, 3.8) is 0 Å². The average molecular weight is 261 g/mol. The van der Waals surface area contributed by atoms with Crippen LogP contribution in [0.3, 0.4) is 0 Å². The number of anilines is 1. The predicted octanol–water partition coefficient (Wildman–Crippen LogP) is 2.12. The molecule has 2 saturated heterocycles. The minimum absolute atomic E-state index is 0.342. The van der Waals surface area contributed by atoms with E-state index in [4.69, 9.17) is 4.74 Å². The standard InChI is InChI=1S/C15H23N3O/c1-3-16-11(2)14-5-4-8-17-15(14)18-9-12-6-7-13(10-18)19-12/h4-5,8,11-13,16H,3,6-7,9-10H2,1-2H3. The molecular formula is C15H23N3O. The van der Waals surface area contributed by atoms with Crippen LogP contribution in [-0.2, 0) is 4.74 Å². The molecule has 0 radical (unpaired) electrons. The van der Waals surface area contributed by atoms with Crippen LogP contribution in [-0.4, -0.2) is 36.8 Å². The van der Waals surface area contributed by atoms with Gasteiger partial charge in [0.1, 0.15) is 5.82 Å². The summed E-state index contributed by atoms with van der Waals surface area (Å²) in [6, 6.07) is 4.56. The maximum absolute atomic E-state index is 5.91. The van der Waals surface area contributed by atoms with E-state index in [1.807, 2.05) is 12.3 Å². The molecule has 4 nitrogen and oxygen atoms in total. The molecule has 2 aliphatic heterocycles. The SMILES string of the molecule is CCNC(C)c1cccnc1N1CC2CCC(C1)O2. The molecule has 1 aromatic heterocycles. The zero-order valence-electron chi connectivity index (χ0n) is 11.8. The number of pyridine rings is 1. The minimum atomic E-state index is 0.342. The third-order valence-electron chi connectivity index (χ3n) is 4.14. The fraction of sp³-hybridized carbons (Fsp3) is 0.667. The number of hydrogen-bond acceptors (Lipinski definition) is 4. The van der Waals surface area contributed by atoms with Gasteiger partial charge >= 0.3 is 0 Å². The van der Waals surface area contributed by atoms with Gasteiger partial charge in [-0.15, -0.1) is 0 Å². The van der Waals surface area contributed by atoms with Gasteiger partial charge in [0, 0.05) is 30.9 Å². The lowest BCUT2D eigenvalue weighted by Crippen LogP contribution is -2.43. The Morgan fingerprint density at radius 2 is 2.16 bits per heavy atom. The Kier molecular flexibility index (Phi) is 3.71. The third kappa shape index (κ3) is 2.60. The van der Waals surface area contributed by atoms with Crippen molar-refractivity contribution in [2.24, 2.45) is 0 Å². The number of aromatic nitrogens is 1. The van der Waals surface area contributed by atoms with Crippen LogP contribution < -0.4 is 10.2 Å². The van der Waals surface area contributed by atoms with Gasteiger partial charge in [-0.2, -0.15) is 0 Å². The van der Waals surface area contributed by atoms with Crippen LogP contribution in [0.25, 0.3) is 0 Å². The zero-order valence-corrected chi connectivity index (χ0v) is 11.8. The monoisotopic (exact) mass is 261 g/mol. The van der Waals surface area contributed by atoms with Crippen LogP contribution in [0.4, 0.5) is 5.82 Å². The summed E-state index contributed by atoms with van der Waals surface area (Å²) in [5.41, 5.74) is 1.30. The summed E-state index contributed by atoms with van der Waals surface area (Å²) in [6.07, 6.45) is 5.11. The highest BCUT2D eigenvalue weighted by molar-refractivity contribution is 5.49. The summed E-state index contributed by atoms with van der Waals surface area (Å²) < 4.78 is 5.91. The Balaban J connectivity index is 1.83. The molecule has 4 heteroatoms. The molecule has 0 saturated carbocycles. The van der Waals surface area contributed by atoms with E-state index in [0.29, 0.717) is 18.2 Å². The van der Waals surface area contributed by atoms with E-state index >= 15 is 0 Å². The molecule has 1 aromatic rings. The molecule has 2 aliphatic rings. The van der Waals surface area contributed by atoms with Crippen LogP contribution >= 0.6 is 0 Å². The highest BCUT2D eigenvalue weighted by Crippen LogP contribution is 2.31. The van der Waals surface area contributed by atoms with E-state index < -0.39 is 0 Å². The normalized spacial score (nSPS) is 27.6. The molecule has 104 valence electrons. The highest BCUT2D eigenvalue weighted by atomic mass is 16.5. The van der Waals surface area contributed by atoms with Crippen molar-refractivity contribution in [3.05, 3.63) is 23.9 Å². The van der Waals surface area contributed by atoms with Crippen LogP contribution in [0.5, 0.6) is 0 Å². The van der Waals surface area contributed by atoms with E-state index in [9.17, 15) is 0 Å². The topological polar surface area (TPSA) is 37.4 Å². The van der Waals surface area contributed by atoms with Crippen molar-refractivity contribution in [1.29, 1.82) is 0 Å². The first-order valence-electron chi connectivity index (χ1n) is 7.36. The second kappa shape index (κ2) is 5.47. The third-order valence-corrected chi connectivity index (χ3v) is 4.14. The number of nitrogens with one attached hydrogen (secondary N) is 1. The van der Waals surface area contributed by atoms with Crippen molar-refractivity contribution in [2.45, 2.75) is 44.9 Å². The fourth-order valence-corrected chi connectivity index (χ4v) is 3.22. The molecule has 0 aliphatic carbocycles. The predicted molar refractivity (Wildman–Crippen MR) is 76.4 cm³/mol. The molecule has 19 heavy (non-hydrogen) atoms. The van der Waals surface area contributed by atoms with Gasteiger partial charge in [-0.05, 0) is 32.4 Å². The lowest BCUT2D eigenvalue weighted by molar-refractivity contribution is 0.0301. The first-order chi connectivity index (χ1) is 9.28. The summed E-state index contributed by atoms with van der Waals surface area (Å²) in [4.78, 5) is 7.04. The van der Waals surface area contributed by atoms with Crippen LogP contribution in [0.1, 0.15) is 38.3 Å². The molecule has 3 atom stereocenters. The van der Waals surface area contributed by atoms with Crippen molar-refractivity contribution in [1.82, 2.24) is 10.3 Å². The van der Waals surface area contributed by atoms with E-state index in [1.54, 1.807) is 0 Å². The molecular weight excluding hydrogens is 238 g/mol. The van der Waals surface area contributed by atoms with Crippen LogP contribution in [0, 0.1) is 0 Å². The van der Waals surface area contributed by atoms with Gasteiger partial charge < -0.3 is 15.0 Å². The van der Waals surface area contributed by atoms with Gasteiger partial charge in [0.05, 0.1) is 12.2 Å². The minimum Gasteiger partial charge on any atom is -0.371 e. The largest absolute Gasteiger partial charge is 0.371 e. The van der Waals surface area contributed by atoms with Gasteiger partial charge in [-0.1, -0.05) is 13.0 Å². The Hall–Kier alpha value is -1.13. The van der Waals surface area contributed by atoms with E-state index in [0.717, 1.165) is 25.5 Å². The molecule has 0 spiro atoms. The number of rotatable bonds is 4. The van der Waals surface area contributed by atoms with Crippen LogP contribution in [0.2, 0.25) is 0 Å². The second-order valence-corrected chi connectivity index (χ2v) is 5.56. The molecule has 0 aromatic carbocycles. The Morgan fingerprint density at radius 1 is 1.42 bits per heavy atom. The van der Waals surface area contributed by atoms with Gasteiger partial charge in [0.25, 0.3) is 0 Å². The van der Waals surface area contributed by atoms with Crippen molar-refractivity contribution < 1.29 is 4.74 Å². The van der Waals surface area contributed by atoms with Gasteiger partial charge in [-0.3, -0.25) is 0 Å². The van der Waals surface area contributed by atoms with Crippen molar-refractivity contribution in [2.75, 3.05) is 24.5 Å². The number of morpholine rings is 1. The van der Waals surface area contributed by atoms with Gasteiger partial charge in [-0.25, -0.2) is 4.98 Å². The fourth-order valence-electron chi connectivity index (χ4n) is 3.22. The quantitative estimate of drug-likeness (QED) is 0.901.